The van der Waals surface area contributed by atoms with E-state index in [-0.39, 0.29) is 5.54 Å². The lowest BCUT2D eigenvalue weighted by molar-refractivity contribution is -0.621. The fourth-order valence-electron chi connectivity index (χ4n) is 4.58. The SMILES string of the molecule is CC1(C)C(Cc2ccccc2)C(N2CCCC2)=CC=[N+]1Cc1ccccc1. The highest BCUT2D eigenvalue weighted by atomic mass is 15.2. The van der Waals surface area contributed by atoms with Crippen LogP contribution in [0.5, 0.6) is 0 Å². The summed E-state index contributed by atoms with van der Waals surface area (Å²) >= 11 is 0. The summed E-state index contributed by atoms with van der Waals surface area (Å²) in [5.41, 5.74) is 4.41. The molecule has 0 amide bonds. The summed E-state index contributed by atoms with van der Waals surface area (Å²) in [6, 6.07) is 21.8. The summed E-state index contributed by atoms with van der Waals surface area (Å²) in [5, 5.41) is 0. The van der Waals surface area contributed by atoms with E-state index in [1.807, 2.05) is 0 Å². The van der Waals surface area contributed by atoms with Crippen LogP contribution in [0, 0.1) is 5.92 Å². The number of nitrogens with zero attached hydrogens (tertiary/aromatic N) is 2. The molecule has 0 saturated carbocycles. The van der Waals surface area contributed by atoms with Gasteiger partial charge in [0.2, 0.25) is 0 Å². The normalized spacial score (nSPS) is 21.7. The molecule has 0 N–H and O–H groups in total. The zero-order valence-electron chi connectivity index (χ0n) is 16.6. The lowest BCUT2D eigenvalue weighted by Gasteiger charge is -2.39. The molecule has 2 heteroatoms. The predicted octanol–water partition coefficient (Wildman–Crippen LogP) is 4.90. The zero-order chi connectivity index (χ0) is 18.7. The van der Waals surface area contributed by atoms with Crippen molar-refractivity contribution in [3.05, 3.63) is 83.6 Å². The number of likely N-dealkylation sites (tertiary alicyclic amines) is 1. The number of rotatable bonds is 5. The van der Waals surface area contributed by atoms with Gasteiger partial charge in [0.25, 0.3) is 0 Å². The van der Waals surface area contributed by atoms with E-state index in [4.69, 9.17) is 0 Å². The van der Waals surface area contributed by atoms with E-state index in [0.717, 1.165) is 13.0 Å². The quantitative estimate of drug-likeness (QED) is 0.688. The van der Waals surface area contributed by atoms with E-state index < -0.39 is 0 Å². The number of benzene rings is 2. The van der Waals surface area contributed by atoms with Gasteiger partial charge in [-0.15, -0.1) is 0 Å². The molecule has 0 bridgehead atoms. The first-order chi connectivity index (χ1) is 13.1. The highest BCUT2D eigenvalue weighted by molar-refractivity contribution is 5.69. The van der Waals surface area contributed by atoms with E-state index in [2.05, 4.69) is 96.3 Å². The van der Waals surface area contributed by atoms with Crippen molar-refractivity contribution in [3.8, 4) is 0 Å². The molecule has 2 aromatic rings. The van der Waals surface area contributed by atoms with Crippen LogP contribution in [0.1, 0.15) is 37.8 Å². The summed E-state index contributed by atoms with van der Waals surface area (Å²) in [4.78, 5) is 2.63. The molecule has 2 heterocycles. The van der Waals surface area contributed by atoms with Gasteiger partial charge in [0.15, 0.2) is 18.3 Å². The predicted molar refractivity (Wildman–Crippen MR) is 113 cm³/mol. The van der Waals surface area contributed by atoms with E-state index in [1.54, 1.807) is 0 Å². The molecule has 1 atom stereocenters. The fourth-order valence-corrected chi connectivity index (χ4v) is 4.58. The van der Waals surface area contributed by atoms with Gasteiger partial charge in [-0.1, -0.05) is 60.7 Å². The second kappa shape index (κ2) is 7.72. The Morgan fingerprint density at radius 2 is 1.48 bits per heavy atom. The number of allylic oxidation sites excluding steroid dienone is 1. The van der Waals surface area contributed by atoms with Crippen LogP contribution in [-0.4, -0.2) is 34.3 Å². The third kappa shape index (κ3) is 3.85. The topological polar surface area (TPSA) is 6.25 Å². The minimum atomic E-state index is 0.0678. The average Bonchev–Trinajstić information content (AvgIpc) is 3.21. The van der Waals surface area contributed by atoms with Crippen LogP contribution < -0.4 is 0 Å². The smallest absolute Gasteiger partial charge is 0.168 e. The third-order valence-electron chi connectivity index (χ3n) is 6.32. The number of hydrogen-bond donors (Lipinski definition) is 0. The fraction of sp³-hybridized carbons (Fsp3) is 0.400. The van der Waals surface area contributed by atoms with Gasteiger partial charge in [0, 0.05) is 44.3 Å². The van der Waals surface area contributed by atoms with Gasteiger partial charge in [-0.05, 0) is 24.8 Å². The van der Waals surface area contributed by atoms with Gasteiger partial charge in [-0.2, -0.15) is 0 Å². The lowest BCUT2D eigenvalue weighted by atomic mass is 9.77. The Bertz CT molecular complexity index is 812. The molecule has 0 radical (unpaired) electrons. The molecule has 27 heavy (non-hydrogen) atoms. The minimum Gasteiger partial charge on any atom is -0.374 e. The van der Waals surface area contributed by atoms with Crippen LogP contribution in [0.25, 0.3) is 0 Å². The molecule has 0 spiro atoms. The lowest BCUT2D eigenvalue weighted by Crippen LogP contribution is -2.50. The van der Waals surface area contributed by atoms with Crippen LogP contribution in [0.15, 0.2) is 72.4 Å². The first-order valence-electron chi connectivity index (χ1n) is 10.3. The Morgan fingerprint density at radius 1 is 0.889 bits per heavy atom. The summed E-state index contributed by atoms with van der Waals surface area (Å²) < 4.78 is 2.54. The standard InChI is InChI=1S/C25H31N2/c1-25(2)23(19-21-11-5-3-6-12-21)24(26-16-9-10-17-26)15-18-27(25)20-22-13-7-4-8-14-22/h3-8,11-15,18,23H,9-10,16-17,19-20H2,1-2H3/q+1. The Kier molecular flexibility index (Phi) is 5.15. The number of hydrogen-bond acceptors (Lipinski definition) is 1. The van der Waals surface area contributed by atoms with Crippen molar-refractivity contribution < 1.29 is 4.58 Å². The first-order valence-corrected chi connectivity index (χ1v) is 10.3. The highest BCUT2D eigenvalue weighted by Gasteiger charge is 2.45. The summed E-state index contributed by atoms with van der Waals surface area (Å²) in [6.45, 7) is 8.22. The third-order valence-corrected chi connectivity index (χ3v) is 6.32. The molecular formula is C25H31N2+. The van der Waals surface area contributed by atoms with E-state index in [0.29, 0.717) is 5.92 Å². The van der Waals surface area contributed by atoms with E-state index in [9.17, 15) is 0 Å². The van der Waals surface area contributed by atoms with Gasteiger partial charge >= 0.3 is 0 Å². The zero-order valence-corrected chi connectivity index (χ0v) is 16.6. The summed E-state index contributed by atoms with van der Waals surface area (Å²) in [7, 11) is 0. The molecule has 4 rings (SSSR count). The van der Waals surface area contributed by atoms with Gasteiger partial charge in [0.05, 0.1) is 5.92 Å². The maximum Gasteiger partial charge on any atom is 0.168 e. The maximum absolute atomic E-state index is 2.63. The van der Waals surface area contributed by atoms with Crippen LogP contribution in [0.2, 0.25) is 0 Å². The molecule has 140 valence electrons. The molecule has 2 aromatic carbocycles. The van der Waals surface area contributed by atoms with Gasteiger partial charge < -0.3 is 4.90 Å². The van der Waals surface area contributed by atoms with E-state index in [1.165, 1.54) is 42.8 Å². The Labute approximate surface area is 163 Å². The largest absolute Gasteiger partial charge is 0.374 e. The van der Waals surface area contributed by atoms with Crippen LogP contribution in [0.3, 0.4) is 0 Å². The summed E-state index contributed by atoms with van der Waals surface area (Å²) in [6.07, 6.45) is 8.47. The summed E-state index contributed by atoms with van der Waals surface area (Å²) in [5.74, 6) is 0.492. The van der Waals surface area contributed by atoms with Gasteiger partial charge in [-0.3, -0.25) is 0 Å². The van der Waals surface area contributed by atoms with Crippen molar-refractivity contribution in [3.63, 3.8) is 0 Å². The van der Waals surface area contributed by atoms with E-state index >= 15 is 0 Å². The van der Waals surface area contributed by atoms with Crippen molar-refractivity contribution in [1.29, 1.82) is 0 Å². The maximum atomic E-state index is 2.63. The Morgan fingerprint density at radius 3 is 2.11 bits per heavy atom. The second-order valence-corrected chi connectivity index (χ2v) is 8.44. The molecule has 2 aliphatic heterocycles. The van der Waals surface area contributed by atoms with Crippen molar-refractivity contribution in [2.45, 2.75) is 45.2 Å². The molecule has 0 aliphatic carbocycles. The molecule has 1 unspecified atom stereocenters. The van der Waals surface area contributed by atoms with Gasteiger partial charge in [0.1, 0.15) is 0 Å². The highest BCUT2D eigenvalue weighted by Crippen LogP contribution is 2.37. The molecule has 1 saturated heterocycles. The van der Waals surface area contributed by atoms with Crippen LogP contribution >= 0.6 is 0 Å². The van der Waals surface area contributed by atoms with Crippen LogP contribution in [0.4, 0.5) is 0 Å². The van der Waals surface area contributed by atoms with Crippen molar-refractivity contribution in [2.24, 2.45) is 5.92 Å². The van der Waals surface area contributed by atoms with Crippen molar-refractivity contribution in [1.82, 2.24) is 4.90 Å². The van der Waals surface area contributed by atoms with Crippen LogP contribution in [-0.2, 0) is 13.0 Å². The minimum absolute atomic E-state index is 0.0678. The van der Waals surface area contributed by atoms with Crippen molar-refractivity contribution in [2.75, 3.05) is 13.1 Å². The second-order valence-electron chi connectivity index (χ2n) is 8.44. The monoisotopic (exact) mass is 359 g/mol. The van der Waals surface area contributed by atoms with Gasteiger partial charge in [-0.25, -0.2) is 4.58 Å². The average molecular weight is 360 g/mol. The molecule has 1 fully saturated rings. The molecule has 0 aromatic heterocycles. The Balaban J connectivity index is 1.67. The first kappa shape index (κ1) is 18.0. The Hall–Kier alpha value is -2.35. The molecular weight excluding hydrogens is 328 g/mol. The molecule has 2 aliphatic rings. The van der Waals surface area contributed by atoms with Crippen molar-refractivity contribution >= 4 is 6.21 Å². The molecule has 2 nitrogen and oxygen atoms in total.